The topological polar surface area (TPSA) is 53.2 Å². The molecule has 120 valence electrons. The summed E-state index contributed by atoms with van der Waals surface area (Å²) < 4.78 is 26.5. The smallest absolute Gasteiger partial charge is 0.226 e. The molecule has 23 heavy (non-hydrogen) atoms. The third-order valence-electron chi connectivity index (χ3n) is 3.95. The van der Waals surface area contributed by atoms with Crippen LogP contribution in [0.4, 0.5) is 8.78 Å². The van der Waals surface area contributed by atoms with E-state index in [1.165, 1.54) is 12.1 Å². The highest BCUT2D eigenvalue weighted by Crippen LogP contribution is 2.24. The quantitative estimate of drug-likeness (QED) is 0.809. The van der Waals surface area contributed by atoms with Crippen LogP contribution in [0.25, 0.3) is 0 Å². The molecule has 3 N–H and O–H groups in total. The molecule has 1 heterocycles. The number of hydrogen-bond donors (Lipinski definition) is 3. The van der Waals surface area contributed by atoms with Crippen molar-refractivity contribution < 1.29 is 13.6 Å². The van der Waals surface area contributed by atoms with Crippen molar-refractivity contribution in [3.05, 3.63) is 71.3 Å². The molecule has 0 aromatic heterocycles. The molecule has 6 heteroatoms. The van der Waals surface area contributed by atoms with Crippen LogP contribution in [0.1, 0.15) is 17.2 Å². The Morgan fingerprint density at radius 1 is 1.17 bits per heavy atom. The Labute approximate surface area is 132 Å². The average molecular weight is 317 g/mol. The first-order chi connectivity index (χ1) is 11.1. The molecule has 0 aliphatic carbocycles. The van der Waals surface area contributed by atoms with E-state index in [9.17, 15) is 13.6 Å². The van der Waals surface area contributed by atoms with Gasteiger partial charge in [-0.2, -0.15) is 0 Å². The van der Waals surface area contributed by atoms with Gasteiger partial charge in [0.2, 0.25) is 5.91 Å². The number of nitrogens with one attached hydrogen (secondary N) is 3. The van der Waals surface area contributed by atoms with Crippen LogP contribution >= 0.6 is 0 Å². The zero-order valence-electron chi connectivity index (χ0n) is 12.4. The molecule has 0 spiro atoms. The molecule has 0 saturated carbocycles. The lowest BCUT2D eigenvalue weighted by Gasteiger charge is -2.18. The highest BCUT2D eigenvalue weighted by atomic mass is 19.1. The van der Waals surface area contributed by atoms with Gasteiger partial charge in [-0.15, -0.1) is 0 Å². The minimum absolute atomic E-state index is 0.0307. The molecule has 3 rings (SSSR count). The Kier molecular flexibility index (Phi) is 4.64. The van der Waals surface area contributed by atoms with E-state index in [0.29, 0.717) is 6.54 Å². The summed E-state index contributed by atoms with van der Waals surface area (Å²) in [5.74, 6) is -1.78. The van der Waals surface area contributed by atoms with Gasteiger partial charge in [-0.1, -0.05) is 36.4 Å². The number of amides is 1. The van der Waals surface area contributed by atoms with E-state index in [-0.39, 0.29) is 30.0 Å². The maximum absolute atomic E-state index is 13.6. The molecule has 0 radical (unpaired) electrons. The van der Waals surface area contributed by atoms with Gasteiger partial charge in [-0.05, 0) is 11.6 Å². The number of rotatable bonds is 4. The van der Waals surface area contributed by atoms with E-state index in [2.05, 4.69) is 16.2 Å². The number of hydrazine groups is 1. The summed E-state index contributed by atoms with van der Waals surface area (Å²) in [7, 11) is 0. The van der Waals surface area contributed by atoms with Crippen LogP contribution in [0.5, 0.6) is 0 Å². The second kappa shape index (κ2) is 6.85. The molecular formula is C17H17F2N3O. The molecule has 1 saturated heterocycles. The summed E-state index contributed by atoms with van der Waals surface area (Å²) in [4.78, 5) is 12.4. The maximum atomic E-state index is 13.6. The first-order valence-electron chi connectivity index (χ1n) is 7.40. The molecule has 1 aliphatic rings. The highest BCUT2D eigenvalue weighted by molar-refractivity contribution is 5.80. The van der Waals surface area contributed by atoms with E-state index in [0.717, 1.165) is 11.6 Å². The van der Waals surface area contributed by atoms with E-state index in [1.54, 1.807) is 0 Å². The largest absolute Gasteiger partial charge is 0.352 e. The van der Waals surface area contributed by atoms with Crippen LogP contribution in [0.3, 0.4) is 0 Å². The molecule has 0 bridgehead atoms. The Morgan fingerprint density at radius 3 is 2.70 bits per heavy atom. The van der Waals surface area contributed by atoms with Gasteiger partial charge in [0.05, 0.1) is 12.0 Å². The molecular weight excluding hydrogens is 300 g/mol. The van der Waals surface area contributed by atoms with Crippen molar-refractivity contribution in [1.29, 1.82) is 0 Å². The molecule has 2 aromatic carbocycles. The first-order valence-corrected chi connectivity index (χ1v) is 7.40. The minimum Gasteiger partial charge on any atom is -0.352 e. The number of halogens is 2. The Bertz CT molecular complexity index is 693. The van der Waals surface area contributed by atoms with Gasteiger partial charge >= 0.3 is 0 Å². The summed E-state index contributed by atoms with van der Waals surface area (Å²) >= 11 is 0. The third-order valence-corrected chi connectivity index (χ3v) is 3.95. The zero-order valence-corrected chi connectivity index (χ0v) is 12.4. The zero-order chi connectivity index (χ0) is 16.2. The lowest BCUT2D eigenvalue weighted by atomic mass is 9.94. The standard InChI is InChI=1S/C17H17F2N3O/c18-13-7-6-12(15(19)8-13)9-20-17(23)14-10-21-22-16(14)11-4-2-1-3-5-11/h1-8,14,16,21-22H,9-10H2,(H,20,23). The van der Waals surface area contributed by atoms with Gasteiger partial charge in [0.25, 0.3) is 0 Å². The van der Waals surface area contributed by atoms with E-state index in [4.69, 9.17) is 0 Å². The Balaban J connectivity index is 1.65. The van der Waals surface area contributed by atoms with Crippen molar-refractivity contribution in [2.75, 3.05) is 6.54 Å². The van der Waals surface area contributed by atoms with Gasteiger partial charge < -0.3 is 5.32 Å². The average Bonchev–Trinajstić information content (AvgIpc) is 3.04. The van der Waals surface area contributed by atoms with Crippen molar-refractivity contribution in [2.24, 2.45) is 5.92 Å². The highest BCUT2D eigenvalue weighted by Gasteiger charge is 2.33. The number of carbonyl (C=O) groups is 1. The van der Waals surface area contributed by atoms with E-state index >= 15 is 0 Å². The first kappa shape index (κ1) is 15.6. The van der Waals surface area contributed by atoms with Gasteiger partial charge in [0, 0.05) is 24.7 Å². The predicted molar refractivity (Wildman–Crippen MR) is 82.0 cm³/mol. The lowest BCUT2D eigenvalue weighted by molar-refractivity contribution is -0.125. The summed E-state index contributed by atoms with van der Waals surface area (Å²) in [6, 6.07) is 12.8. The van der Waals surface area contributed by atoms with Gasteiger partial charge in [-0.3, -0.25) is 10.2 Å². The van der Waals surface area contributed by atoms with Crippen LogP contribution in [0, 0.1) is 17.6 Å². The Morgan fingerprint density at radius 2 is 1.96 bits per heavy atom. The Hall–Kier alpha value is -2.31. The SMILES string of the molecule is O=C(NCc1ccc(F)cc1F)C1CNNC1c1ccccc1. The summed E-state index contributed by atoms with van der Waals surface area (Å²) in [5.41, 5.74) is 7.34. The summed E-state index contributed by atoms with van der Waals surface area (Å²) in [6.45, 7) is 0.514. The number of benzene rings is 2. The monoisotopic (exact) mass is 317 g/mol. The van der Waals surface area contributed by atoms with Crippen molar-refractivity contribution in [3.8, 4) is 0 Å². The van der Waals surface area contributed by atoms with Crippen molar-refractivity contribution in [2.45, 2.75) is 12.6 Å². The second-order valence-electron chi connectivity index (χ2n) is 5.47. The number of hydrogen-bond acceptors (Lipinski definition) is 3. The van der Waals surface area contributed by atoms with Crippen LogP contribution in [0.15, 0.2) is 48.5 Å². The van der Waals surface area contributed by atoms with Gasteiger partial charge in [-0.25, -0.2) is 14.2 Å². The summed E-state index contributed by atoms with van der Waals surface area (Å²) in [5, 5.41) is 2.72. The lowest BCUT2D eigenvalue weighted by Crippen LogP contribution is -2.34. The summed E-state index contributed by atoms with van der Waals surface area (Å²) in [6.07, 6.45) is 0. The molecule has 4 nitrogen and oxygen atoms in total. The van der Waals surface area contributed by atoms with Crippen molar-refractivity contribution >= 4 is 5.91 Å². The van der Waals surface area contributed by atoms with Crippen molar-refractivity contribution in [1.82, 2.24) is 16.2 Å². The van der Waals surface area contributed by atoms with Crippen LogP contribution in [0.2, 0.25) is 0 Å². The second-order valence-corrected chi connectivity index (χ2v) is 5.47. The van der Waals surface area contributed by atoms with Crippen LogP contribution in [-0.4, -0.2) is 12.5 Å². The third kappa shape index (κ3) is 3.55. The van der Waals surface area contributed by atoms with E-state index < -0.39 is 11.6 Å². The fraction of sp³-hybridized carbons (Fsp3) is 0.235. The van der Waals surface area contributed by atoms with Crippen molar-refractivity contribution in [3.63, 3.8) is 0 Å². The molecule has 2 aromatic rings. The molecule has 2 atom stereocenters. The fourth-order valence-electron chi connectivity index (χ4n) is 2.70. The maximum Gasteiger partial charge on any atom is 0.226 e. The van der Waals surface area contributed by atoms with Gasteiger partial charge in [0.15, 0.2) is 0 Å². The van der Waals surface area contributed by atoms with Crippen LogP contribution < -0.4 is 16.2 Å². The van der Waals surface area contributed by atoms with E-state index in [1.807, 2.05) is 30.3 Å². The van der Waals surface area contributed by atoms with Crippen LogP contribution in [-0.2, 0) is 11.3 Å². The predicted octanol–water partition coefficient (Wildman–Crippen LogP) is 2.05. The molecule has 2 unspecified atom stereocenters. The normalized spacial score (nSPS) is 20.4. The minimum atomic E-state index is -0.660. The molecule has 1 amide bonds. The van der Waals surface area contributed by atoms with Gasteiger partial charge in [0.1, 0.15) is 11.6 Å². The molecule has 1 fully saturated rings. The molecule has 1 aliphatic heterocycles. The fourth-order valence-corrected chi connectivity index (χ4v) is 2.70. The number of carbonyl (C=O) groups excluding carboxylic acids is 1.